The van der Waals surface area contributed by atoms with E-state index in [2.05, 4.69) is 164 Å². The van der Waals surface area contributed by atoms with Gasteiger partial charge in [0.25, 0.3) is 0 Å². The largest absolute Gasteiger partial charge is 0.455 e. The molecule has 0 atom stereocenters. The van der Waals surface area contributed by atoms with Gasteiger partial charge in [-0.2, -0.15) is 0 Å². The van der Waals surface area contributed by atoms with Crippen LogP contribution in [0.3, 0.4) is 0 Å². The summed E-state index contributed by atoms with van der Waals surface area (Å²) in [5, 5.41) is 5.47. The highest BCUT2D eigenvalue weighted by atomic mass is 16.3. The molecule has 0 bridgehead atoms. The van der Waals surface area contributed by atoms with Gasteiger partial charge in [-0.25, -0.2) is 15.0 Å². The van der Waals surface area contributed by atoms with E-state index in [9.17, 15) is 0 Å². The minimum atomic E-state index is 0.663. The zero-order valence-corrected chi connectivity index (χ0v) is 30.8. The van der Waals surface area contributed by atoms with E-state index >= 15 is 0 Å². The third-order valence-electron chi connectivity index (χ3n) is 10.9. The Kier molecular flexibility index (Phi) is 7.78. The molecular formula is C53H33N3O. The van der Waals surface area contributed by atoms with Crippen molar-refractivity contribution < 1.29 is 4.42 Å². The van der Waals surface area contributed by atoms with E-state index in [1.54, 1.807) is 0 Å². The van der Waals surface area contributed by atoms with Crippen molar-refractivity contribution in [2.45, 2.75) is 0 Å². The Balaban J connectivity index is 1.02. The molecule has 11 aromatic rings. The molecule has 0 aliphatic carbocycles. The molecule has 0 unspecified atom stereocenters. The summed E-state index contributed by atoms with van der Waals surface area (Å²) in [5.41, 5.74) is 13.8. The number of fused-ring (bicyclic) bond motifs is 6. The van der Waals surface area contributed by atoms with Crippen LogP contribution in [0.5, 0.6) is 0 Å². The van der Waals surface area contributed by atoms with Crippen LogP contribution in [0.1, 0.15) is 0 Å². The van der Waals surface area contributed by atoms with E-state index in [-0.39, 0.29) is 0 Å². The van der Waals surface area contributed by atoms with Gasteiger partial charge in [-0.05, 0) is 57.3 Å². The minimum absolute atomic E-state index is 0.663. The zero-order chi connectivity index (χ0) is 37.7. The summed E-state index contributed by atoms with van der Waals surface area (Å²) in [5.74, 6) is 0.663. The van der Waals surface area contributed by atoms with Gasteiger partial charge in [0.15, 0.2) is 5.82 Å². The summed E-state index contributed by atoms with van der Waals surface area (Å²) < 4.78 is 6.68. The number of para-hydroxylation sites is 1. The van der Waals surface area contributed by atoms with E-state index in [0.717, 1.165) is 77.7 Å². The lowest BCUT2D eigenvalue weighted by Gasteiger charge is -2.12. The summed E-state index contributed by atoms with van der Waals surface area (Å²) in [6.07, 6.45) is 0. The van der Waals surface area contributed by atoms with Gasteiger partial charge in [-0.3, -0.25) is 0 Å². The summed E-state index contributed by atoms with van der Waals surface area (Å²) in [6, 6.07) is 69.6. The molecule has 0 saturated heterocycles. The number of furan rings is 1. The number of pyridine rings is 1. The smallest absolute Gasteiger partial charge is 0.160 e. The Labute approximate surface area is 329 Å². The Hall–Kier alpha value is -7.69. The first kappa shape index (κ1) is 32.7. The van der Waals surface area contributed by atoms with Gasteiger partial charge in [0.1, 0.15) is 11.2 Å². The molecule has 0 radical (unpaired) electrons. The maximum absolute atomic E-state index is 6.68. The Morgan fingerprint density at radius 2 is 0.912 bits per heavy atom. The summed E-state index contributed by atoms with van der Waals surface area (Å²) in [4.78, 5) is 15.6. The van der Waals surface area contributed by atoms with Gasteiger partial charge in [-0.15, -0.1) is 0 Å². The minimum Gasteiger partial charge on any atom is -0.455 e. The van der Waals surface area contributed by atoms with Crippen LogP contribution in [0.4, 0.5) is 0 Å². The average Bonchev–Trinajstić information content (AvgIpc) is 3.69. The van der Waals surface area contributed by atoms with Gasteiger partial charge in [0, 0.05) is 33.0 Å². The molecule has 3 heterocycles. The molecule has 0 fully saturated rings. The first-order valence-electron chi connectivity index (χ1n) is 19.2. The summed E-state index contributed by atoms with van der Waals surface area (Å²) >= 11 is 0. The molecule has 0 spiro atoms. The van der Waals surface area contributed by atoms with Crippen molar-refractivity contribution in [2.75, 3.05) is 0 Å². The summed E-state index contributed by atoms with van der Waals surface area (Å²) in [6.45, 7) is 0. The molecule has 57 heavy (non-hydrogen) atoms. The molecular weight excluding hydrogens is 695 g/mol. The lowest BCUT2D eigenvalue weighted by atomic mass is 9.96. The highest BCUT2D eigenvalue weighted by Gasteiger charge is 2.19. The van der Waals surface area contributed by atoms with Crippen LogP contribution in [-0.4, -0.2) is 15.0 Å². The molecule has 11 rings (SSSR count). The van der Waals surface area contributed by atoms with E-state index in [1.165, 1.54) is 27.5 Å². The topological polar surface area (TPSA) is 51.8 Å². The highest BCUT2D eigenvalue weighted by molar-refractivity contribution is 6.19. The molecule has 3 aromatic heterocycles. The van der Waals surface area contributed by atoms with E-state index in [4.69, 9.17) is 19.4 Å². The third kappa shape index (κ3) is 5.83. The van der Waals surface area contributed by atoms with Crippen molar-refractivity contribution >= 4 is 43.6 Å². The van der Waals surface area contributed by atoms with Crippen LogP contribution in [-0.2, 0) is 0 Å². The molecule has 0 N–H and O–H groups in total. The predicted molar refractivity (Wildman–Crippen MR) is 235 cm³/mol. The van der Waals surface area contributed by atoms with Crippen molar-refractivity contribution in [1.29, 1.82) is 0 Å². The number of hydrogen-bond donors (Lipinski definition) is 0. The SMILES string of the molecule is c1ccc(-c2ccc(-c3cc(-c4ccccc4)nc(-c4ccc(-c5nc6ccc(-c7cccc8ccccc78)cc6c6oc7ccccc7c56)cc4)n3)cc2)cc1. The second-order valence-electron chi connectivity index (χ2n) is 14.4. The lowest BCUT2D eigenvalue weighted by Crippen LogP contribution is -1.96. The quantitative estimate of drug-likeness (QED) is 0.171. The number of rotatable bonds is 6. The van der Waals surface area contributed by atoms with Gasteiger partial charge in [-0.1, -0.05) is 176 Å². The molecule has 0 saturated carbocycles. The number of aromatic nitrogens is 3. The standard InChI is InChI=1S/C53H33N3O/c1-3-12-34(13-4-1)35-22-24-38(25-23-35)48-33-47(37-15-5-2-6-16-37)55-53(56-48)40-28-26-39(27-29-40)51-50-44-19-9-10-21-49(44)57-52(50)45-32-41(30-31-46(45)54-51)43-20-11-17-36-14-7-8-18-42(36)43/h1-33H. The van der Waals surface area contributed by atoms with Crippen molar-refractivity contribution in [3.05, 3.63) is 200 Å². The molecule has 0 aliphatic rings. The van der Waals surface area contributed by atoms with E-state index in [1.807, 2.05) is 36.4 Å². The Morgan fingerprint density at radius 1 is 0.351 bits per heavy atom. The van der Waals surface area contributed by atoms with Crippen LogP contribution in [0.15, 0.2) is 205 Å². The number of hydrogen-bond acceptors (Lipinski definition) is 4. The second kappa shape index (κ2) is 13.6. The monoisotopic (exact) mass is 727 g/mol. The molecule has 8 aromatic carbocycles. The fraction of sp³-hybridized carbons (Fsp3) is 0. The van der Waals surface area contributed by atoms with Crippen LogP contribution < -0.4 is 0 Å². The molecule has 0 amide bonds. The second-order valence-corrected chi connectivity index (χ2v) is 14.4. The first-order valence-corrected chi connectivity index (χ1v) is 19.2. The van der Waals surface area contributed by atoms with Crippen molar-refractivity contribution in [3.63, 3.8) is 0 Å². The van der Waals surface area contributed by atoms with Crippen LogP contribution in [0.25, 0.3) is 111 Å². The zero-order valence-electron chi connectivity index (χ0n) is 30.8. The van der Waals surface area contributed by atoms with Crippen LogP contribution in [0.2, 0.25) is 0 Å². The van der Waals surface area contributed by atoms with Crippen molar-refractivity contribution in [1.82, 2.24) is 15.0 Å². The molecule has 266 valence electrons. The van der Waals surface area contributed by atoms with E-state index < -0.39 is 0 Å². The Morgan fingerprint density at radius 3 is 1.68 bits per heavy atom. The first-order chi connectivity index (χ1) is 28.2. The van der Waals surface area contributed by atoms with E-state index in [0.29, 0.717) is 5.82 Å². The fourth-order valence-corrected chi connectivity index (χ4v) is 8.04. The number of nitrogens with zero attached hydrogens (tertiary/aromatic N) is 3. The Bertz CT molecular complexity index is 3260. The molecule has 0 aliphatic heterocycles. The molecule has 4 heteroatoms. The average molecular weight is 728 g/mol. The maximum Gasteiger partial charge on any atom is 0.160 e. The summed E-state index contributed by atoms with van der Waals surface area (Å²) in [7, 11) is 0. The van der Waals surface area contributed by atoms with Gasteiger partial charge < -0.3 is 4.42 Å². The number of benzene rings is 8. The lowest BCUT2D eigenvalue weighted by molar-refractivity contribution is 0.672. The predicted octanol–water partition coefficient (Wildman–Crippen LogP) is 14.1. The van der Waals surface area contributed by atoms with Gasteiger partial charge in [0.05, 0.1) is 28.0 Å². The highest BCUT2D eigenvalue weighted by Crippen LogP contribution is 2.41. The third-order valence-corrected chi connectivity index (χ3v) is 10.9. The van der Waals surface area contributed by atoms with Gasteiger partial charge in [0.2, 0.25) is 0 Å². The van der Waals surface area contributed by atoms with Gasteiger partial charge >= 0.3 is 0 Å². The van der Waals surface area contributed by atoms with Crippen molar-refractivity contribution in [2.24, 2.45) is 0 Å². The van der Waals surface area contributed by atoms with Crippen molar-refractivity contribution in [3.8, 4) is 67.4 Å². The normalized spacial score (nSPS) is 11.5. The molecule has 4 nitrogen and oxygen atoms in total. The van der Waals surface area contributed by atoms with Crippen LogP contribution in [0, 0.1) is 0 Å². The fourth-order valence-electron chi connectivity index (χ4n) is 8.04. The maximum atomic E-state index is 6.68. The van der Waals surface area contributed by atoms with Crippen LogP contribution >= 0.6 is 0 Å².